The Morgan fingerprint density at radius 2 is 1.93 bits per heavy atom. The van der Waals surface area contributed by atoms with Gasteiger partial charge in [0, 0.05) is 6.20 Å². The first-order valence-corrected chi connectivity index (χ1v) is 3.56. The van der Waals surface area contributed by atoms with Crippen LogP contribution >= 0.6 is 0 Å². The molecule has 15 heavy (non-hydrogen) atoms. The van der Waals surface area contributed by atoms with Gasteiger partial charge in [-0.1, -0.05) is 0 Å². The fourth-order valence-corrected chi connectivity index (χ4v) is 0.860. The van der Waals surface area contributed by atoms with Crippen LogP contribution in [0.15, 0.2) is 23.1 Å². The van der Waals surface area contributed by atoms with Crippen molar-refractivity contribution in [1.29, 1.82) is 0 Å². The molecule has 0 saturated carbocycles. The molecule has 0 radical (unpaired) electrons. The van der Waals surface area contributed by atoms with E-state index in [1.807, 2.05) is 0 Å². The molecule has 0 unspecified atom stereocenters. The zero-order valence-corrected chi connectivity index (χ0v) is 6.96. The van der Waals surface area contributed by atoms with Gasteiger partial charge in [-0.2, -0.15) is 22.0 Å². The van der Waals surface area contributed by atoms with Crippen LogP contribution in [0.2, 0.25) is 0 Å². The molecular weight excluding hydrogens is 225 g/mol. The Kier molecular flexibility index (Phi) is 2.96. The molecule has 0 saturated heterocycles. The van der Waals surface area contributed by atoms with E-state index in [-0.39, 0.29) is 4.73 Å². The lowest BCUT2D eigenvalue weighted by Crippen LogP contribution is -2.33. The van der Waals surface area contributed by atoms with Gasteiger partial charge in [0.05, 0.1) is 0 Å². The van der Waals surface area contributed by atoms with E-state index < -0.39 is 23.9 Å². The second-order valence-electron chi connectivity index (χ2n) is 2.42. The summed E-state index contributed by atoms with van der Waals surface area (Å²) in [5.41, 5.74) is -3.24. The molecule has 0 aliphatic heterocycles. The van der Waals surface area contributed by atoms with Crippen LogP contribution in [0.3, 0.4) is 0 Å². The van der Waals surface area contributed by atoms with Crippen LogP contribution in [0.1, 0.15) is 5.56 Å². The topological polar surface area (TPSA) is 31.2 Å². The molecule has 84 valence electrons. The van der Waals surface area contributed by atoms with Crippen molar-refractivity contribution in [2.75, 3.05) is 0 Å². The Hall–Kier alpha value is -1.60. The third-order valence-corrected chi connectivity index (χ3v) is 1.41. The van der Waals surface area contributed by atoms with Crippen LogP contribution in [-0.2, 0) is 6.18 Å². The summed E-state index contributed by atoms with van der Waals surface area (Å²) in [7, 11) is 0. The second kappa shape index (κ2) is 3.87. The van der Waals surface area contributed by atoms with Crippen molar-refractivity contribution < 1.29 is 26.8 Å². The molecule has 0 aliphatic carbocycles. The number of halogens is 5. The number of alkyl halides is 5. The molecule has 0 aliphatic rings. The van der Waals surface area contributed by atoms with Gasteiger partial charge in [-0.25, -0.2) is 0 Å². The fourth-order valence-electron chi connectivity index (χ4n) is 0.860. The van der Waals surface area contributed by atoms with Crippen molar-refractivity contribution in [3.63, 3.8) is 0 Å². The molecule has 1 aromatic heterocycles. The Balaban J connectivity index is 3.18. The maximum absolute atomic E-state index is 12.1. The normalized spacial score (nSPS) is 11.9. The zero-order valence-electron chi connectivity index (χ0n) is 6.96. The lowest BCUT2D eigenvalue weighted by Gasteiger charge is -2.09. The molecule has 3 nitrogen and oxygen atoms in total. The van der Waals surface area contributed by atoms with E-state index in [1.54, 1.807) is 0 Å². The minimum absolute atomic E-state index is 0.159. The van der Waals surface area contributed by atoms with Crippen LogP contribution in [-0.4, -0.2) is 11.3 Å². The van der Waals surface area contributed by atoms with E-state index >= 15 is 0 Å². The van der Waals surface area contributed by atoms with Crippen LogP contribution in [0.5, 0.6) is 0 Å². The predicted molar refractivity (Wildman–Crippen MR) is 38.3 cm³/mol. The van der Waals surface area contributed by atoms with E-state index in [9.17, 15) is 26.7 Å². The van der Waals surface area contributed by atoms with Crippen molar-refractivity contribution >= 4 is 0 Å². The van der Waals surface area contributed by atoms with E-state index in [0.717, 1.165) is 6.07 Å². The molecule has 0 amide bonds. The maximum Gasteiger partial charge on any atom is 0.421 e. The third-order valence-electron chi connectivity index (χ3n) is 1.41. The minimum atomic E-state index is -4.90. The highest BCUT2D eigenvalue weighted by molar-refractivity contribution is 5.13. The number of nitrogens with zero attached hydrogens (tertiary/aromatic N) is 1. The van der Waals surface area contributed by atoms with E-state index in [0.29, 0.717) is 12.3 Å². The van der Waals surface area contributed by atoms with Gasteiger partial charge >= 0.3 is 12.8 Å². The summed E-state index contributed by atoms with van der Waals surface area (Å²) in [6.07, 6.45) is -4.23. The van der Waals surface area contributed by atoms with Gasteiger partial charge in [0.2, 0.25) is 0 Å². The van der Waals surface area contributed by atoms with Crippen molar-refractivity contribution in [3.05, 3.63) is 34.2 Å². The molecule has 0 fully saturated rings. The van der Waals surface area contributed by atoms with E-state index in [2.05, 4.69) is 4.84 Å². The lowest BCUT2D eigenvalue weighted by atomic mass is 10.3. The molecule has 8 heteroatoms. The first-order chi connectivity index (χ1) is 6.82. The standard InChI is InChI=1S/C7H4F5NO2/c8-6(9)15-13-3-1-2-4(5(13)14)7(10,11)12/h1-3,6H. The molecule has 0 aromatic carbocycles. The number of pyridine rings is 1. The Morgan fingerprint density at radius 3 is 2.40 bits per heavy atom. The molecule has 0 N–H and O–H groups in total. The summed E-state index contributed by atoms with van der Waals surface area (Å²) in [4.78, 5) is 14.5. The second-order valence-corrected chi connectivity index (χ2v) is 2.42. The lowest BCUT2D eigenvalue weighted by molar-refractivity contribution is -0.150. The smallest absolute Gasteiger partial charge is 0.341 e. The van der Waals surface area contributed by atoms with Crippen molar-refractivity contribution in [3.8, 4) is 0 Å². The van der Waals surface area contributed by atoms with Gasteiger partial charge in [0.25, 0.3) is 5.56 Å². The van der Waals surface area contributed by atoms with Gasteiger partial charge in [-0.3, -0.25) is 4.79 Å². The highest BCUT2D eigenvalue weighted by atomic mass is 19.4. The van der Waals surface area contributed by atoms with Gasteiger partial charge in [-0.15, -0.1) is 4.73 Å². The van der Waals surface area contributed by atoms with Crippen LogP contribution in [0.25, 0.3) is 0 Å². The average molecular weight is 229 g/mol. The molecule has 1 rings (SSSR count). The molecule has 0 spiro atoms. The van der Waals surface area contributed by atoms with Crippen molar-refractivity contribution in [2.24, 2.45) is 0 Å². The van der Waals surface area contributed by atoms with Gasteiger partial charge < -0.3 is 4.84 Å². The largest absolute Gasteiger partial charge is 0.421 e. The Labute approximate surface area is 79.6 Å². The average Bonchev–Trinajstić information content (AvgIpc) is 2.05. The molecular formula is C7H4F5NO2. The number of hydrogen-bond acceptors (Lipinski definition) is 2. The zero-order chi connectivity index (χ0) is 11.6. The van der Waals surface area contributed by atoms with E-state index in [1.165, 1.54) is 0 Å². The van der Waals surface area contributed by atoms with Crippen molar-refractivity contribution in [2.45, 2.75) is 12.8 Å². The summed E-state index contributed by atoms with van der Waals surface area (Å²) in [5.74, 6) is 0. The van der Waals surface area contributed by atoms with Gasteiger partial charge in [0.1, 0.15) is 5.56 Å². The molecule has 1 heterocycles. The molecule has 1 aromatic rings. The first-order valence-electron chi connectivity index (χ1n) is 3.56. The minimum Gasteiger partial charge on any atom is -0.341 e. The number of hydrogen-bond donors (Lipinski definition) is 0. The first kappa shape index (κ1) is 11.5. The SMILES string of the molecule is O=c1c(C(F)(F)F)cccn1OC(F)F. The van der Waals surface area contributed by atoms with Crippen LogP contribution < -0.4 is 10.4 Å². The van der Waals surface area contributed by atoms with Crippen LogP contribution in [0, 0.1) is 0 Å². The Morgan fingerprint density at radius 1 is 1.33 bits per heavy atom. The Bertz CT molecular complexity index is 397. The summed E-state index contributed by atoms with van der Waals surface area (Å²) in [5, 5.41) is 0. The molecule has 0 atom stereocenters. The summed E-state index contributed by atoms with van der Waals surface area (Å²) < 4.78 is 59.5. The number of aromatic nitrogens is 1. The monoisotopic (exact) mass is 229 g/mol. The summed E-state index contributed by atoms with van der Waals surface area (Å²) in [6, 6.07) is 1.26. The highest BCUT2D eigenvalue weighted by Crippen LogP contribution is 2.25. The summed E-state index contributed by atoms with van der Waals surface area (Å²) >= 11 is 0. The maximum atomic E-state index is 12.1. The van der Waals surface area contributed by atoms with Gasteiger partial charge in [0.15, 0.2) is 0 Å². The van der Waals surface area contributed by atoms with Crippen molar-refractivity contribution in [1.82, 2.24) is 4.73 Å². The fraction of sp³-hybridized carbons (Fsp3) is 0.286. The highest BCUT2D eigenvalue weighted by Gasteiger charge is 2.34. The van der Waals surface area contributed by atoms with E-state index in [4.69, 9.17) is 0 Å². The quantitative estimate of drug-likeness (QED) is 0.720. The number of rotatable bonds is 2. The predicted octanol–water partition coefficient (Wildman–Crippen LogP) is 1.52. The molecule has 0 bridgehead atoms. The van der Waals surface area contributed by atoms with Gasteiger partial charge in [-0.05, 0) is 12.1 Å². The third kappa shape index (κ3) is 2.67. The van der Waals surface area contributed by atoms with Crippen LogP contribution in [0.4, 0.5) is 22.0 Å². The summed E-state index contributed by atoms with van der Waals surface area (Å²) in [6.45, 7) is -3.37.